The van der Waals surface area contributed by atoms with Crippen LogP contribution in [0.2, 0.25) is 0 Å². The smallest absolute Gasteiger partial charge is 0.251 e. The average Bonchev–Trinajstić information content (AvgIpc) is 3.34. The maximum absolute atomic E-state index is 14.4. The summed E-state index contributed by atoms with van der Waals surface area (Å²) in [5, 5.41) is 2.87. The van der Waals surface area contributed by atoms with Crippen molar-refractivity contribution in [3.05, 3.63) is 65.0 Å². The lowest BCUT2D eigenvalue weighted by atomic mass is 10.1. The van der Waals surface area contributed by atoms with Gasteiger partial charge in [0.25, 0.3) is 5.91 Å². The molecule has 2 aliphatic rings. The SMILES string of the molecule is CC1CN(Cc2ccccc2CNC(=O)c2ccc(F)c(S(=O)(=O)N3CCCC3)c2)CC(C)O1. The molecule has 1 amide bonds. The fourth-order valence-corrected chi connectivity index (χ4v) is 6.33. The molecule has 4 rings (SSSR count). The summed E-state index contributed by atoms with van der Waals surface area (Å²) in [4.78, 5) is 14.7. The molecule has 2 aromatic rings. The molecule has 184 valence electrons. The van der Waals surface area contributed by atoms with Crippen LogP contribution in [-0.4, -0.2) is 61.9 Å². The van der Waals surface area contributed by atoms with Gasteiger partial charge in [0, 0.05) is 44.8 Å². The van der Waals surface area contributed by atoms with Crippen molar-refractivity contribution in [2.24, 2.45) is 0 Å². The predicted molar refractivity (Wildman–Crippen MR) is 127 cm³/mol. The van der Waals surface area contributed by atoms with Gasteiger partial charge in [0.15, 0.2) is 0 Å². The highest BCUT2D eigenvalue weighted by atomic mass is 32.2. The third kappa shape index (κ3) is 5.66. The summed E-state index contributed by atoms with van der Waals surface area (Å²) >= 11 is 0. The number of hydrogen-bond acceptors (Lipinski definition) is 5. The molecule has 2 fully saturated rings. The third-order valence-electron chi connectivity index (χ3n) is 6.32. The van der Waals surface area contributed by atoms with E-state index in [4.69, 9.17) is 4.74 Å². The van der Waals surface area contributed by atoms with Crippen molar-refractivity contribution in [1.29, 1.82) is 0 Å². The van der Waals surface area contributed by atoms with Crippen molar-refractivity contribution in [3.63, 3.8) is 0 Å². The Morgan fingerprint density at radius 1 is 1.06 bits per heavy atom. The number of amides is 1. The Balaban J connectivity index is 1.45. The highest BCUT2D eigenvalue weighted by Crippen LogP contribution is 2.24. The normalized spacial score (nSPS) is 22.1. The average molecular weight is 490 g/mol. The van der Waals surface area contributed by atoms with Gasteiger partial charge < -0.3 is 10.1 Å². The number of ether oxygens (including phenoxy) is 1. The van der Waals surface area contributed by atoms with E-state index in [9.17, 15) is 17.6 Å². The number of sulfonamides is 1. The number of carbonyl (C=O) groups excluding carboxylic acids is 1. The molecule has 2 atom stereocenters. The number of carbonyl (C=O) groups is 1. The molecule has 2 aliphatic heterocycles. The Morgan fingerprint density at radius 2 is 1.71 bits per heavy atom. The molecule has 34 heavy (non-hydrogen) atoms. The first-order valence-electron chi connectivity index (χ1n) is 11.8. The van der Waals surface area contributed by atoms with Crippen molar-refractivity contribution in [3.8, 4) is 0 Å². The standard InChI is InChI=1S/C25H32FN3O4S/c1-18-15-28(16-19(2)33-18)17-22-8-4-3-7-21(22)14-27-25(30)20-9-10-23(26)24(13-20)34(31,32)29-11-5-6-12-29/h3-4,7-10,13,18-19H,5-6,11-12,14-17H2,1-2H3,(H,27,30). The minimum Gasteiger partial charge on any atom is -0.373 e. The number of halogens is 1. The van der Waals surface area contributed by atoms with Crippen LogP contribution in [0.4, 0.5) is 4.39 Å². The number of morpholine rings is 1. The lowest BCUT2D eigenvalue weighted by molar-refractivity contribution is -0.0705. The number of rotatable bonds is 7. The first kappa shape index (κ1) is 24.8. The van der Waals surface area contributed by atoms with E-state index in [2.05, 4.69) is 24.1 Å². The highest BCUT2D eigenvalue weighted by molar-refractivity contribution is 7.89. The van der Waals surface area contributed by atoms with Gasteiger partial charge in [-0.25, -0.2) is 12.8 Å². The molecule has 1 N–H and O–H groups in total. The Bertz CT molecular complexity index is 1120. The quantitative estimate of drug-likeness (QED) is 0.647. The minimum absolute atomic E-state index is 0.118. The summed E-state index contributed by atoms with van der Waals surface area (Å²) in [7, 11) is -3.96. The molecular formula is C25H32FN3O4S. The molecular weight excluding hydrogens is 457 g/mol. The summed E-state index contributed by atoms with van der Waals surface area (Å²) in [6, 6.07) is 11.4. The molecule has 2 saturated heterocycles. The van der Waals surface area contributed by atoms with Crippen LogP contribution in [0, 0.1) is 5.82 Å². The molecule has 0 radical (unpaired) electrons. The largest absolute Gasteiger partial charge is 0.373 e. The summed E-state index contributed by atoms with van der Waals surface area (Å²) in [5.74, 6) is -1.29. The number of nitrogens with one attached hydrogen (secondary N) is 1. The fourth-order valence-electron chi connectivity index (χ4n) is 4.73. The monoisotopic (exact) mass is 489 g/mol. The summed E-state index contributed by atoms with van der Waals surface area (Å²) in [5.41, 5.74) is 2.21. The number of hydrogen-bond donors (Lipinski definition) is 1. The molecule has 2 unspecified atom stereocenters. The zero-order valence-corrected chi connectivity index (χ0v) is 20.5. The van der Waals surface area contributed by atoms with Crippen LogP contribution in [0.25, 0.3) is 0 Å². The van der Waals surface area contributed by atoms with Crippen LogP contribution in [-0.2, 0) is 27.8 Å². The Hall–Kier alpha value is -2.33. The van der Waals surface area contributed by atoms with Gasteiger partial charge >= 0.3 is 0 Å². The van der Waals surface area contributed by atoms with Crippen molar-refractivity contribution >= 4 is 15.9 Å². The van der Waals surface area contributed by atoms with Crippen LogP contribution in [0.3, 0.4) is 0 Å². The Labute approximate surface area is 200 Å². The van der Waals surface area contributed by atoms with E-state index >= 15 is 0 Å². The first-order valence-corrected chi connectivity index (χ1v) is 13.2. The molecule has 7 nitrogen and oxygen atoms in total. The maximum atomic E-state index is 14.4. The van der Waals surface area contributed by atoms with Crippen LogP contribution in [0.5, 0.6) is 0 Å². The van der Waals surface area contributed by atoms with Crippen LogP contribution >= 0.6 is 0 Å². The van der Waals surface area contributed by atoms with Crippen LogP contribution in [0.15, 0.2) is 47.4 Å². The second-order valence-corrected chi connectivity index (χ2v) is 11.1. The van der Waals surface area contributed by atoms with E-state index in [1.807, 2.05) is 24.3 Å². The van der Waals surface area contributed by atoms with Crippen molar-refractivity contribution in [2.45, 2.75) is 56.9 Å². The Morgan fingerprint density at radius 3 is 2.38 bits per heavy atom. The zero-order chi connectivity index (χ0) is 24.3. The topological polar surface area (TPSA) is 79.0 Å². The van der Waals surface area contributed by atoms with Crippen molar-refractivity contribution in [2.75, 3.05) is 26.2 Å². The molecule has 9 heteroatoms. The first-order chi connectivity index (χ1) is 16.2. The second-order valence-electron chi connectivity index (χ2n) is 9.16. The number of benzene rings is 2. The highest BCUT2D eigenvalue weighted by Gasteiger charge is 2.30. The van der Waals surface area contributed by atoms with E-state index in [1.54, 1.807) is 0 Å². The molecule has 0 spiro atoms. The summed E-state index contributed by atoms with van der Waals surface area (Å²) < 4.78 is 47.2. The van der Waals surface area contributed by atoms with Gasteiger partial charge in [-0.05, 0) is 56.0 Å². The van der Waals surface area contributed by atoms with Crippen molar-refractivity contribution < 1.29 is 22.3 Å². The van der Waals surface area contributed by atoms with Gasteiger partial charge in [-0.3, -0.25) is 9.69 Å². The number of nitrogens with zero attached hydrogens (tertiary/aromatic N) is 2. The van der Waals surface area contributed by atoms with E-state index in [0.717, 1.165) is 55.7 Å². The molecule has 0 saturated carbocycles. The van der Waals surface area contributed by atoms with Gasteiger partial charge in [-0.15, -0.1) is 0 Å². The zero-order valence-electron chi connectivity index (χ0n) is 19.7. The summed E-state index contributed by atoms with van der Waals surface area (Å²) in [6.07, 6.45) is 1.84. The van der Waals surface area contributed by atoms with Gasteiger partial charge in [-0.1, -0.05) is 24.3 Å². The van der Waals surface area contributed by atoms with Crippen molar-refractivity contribution in [1.82, 2.24) is 14.5 Å². The maximum Gasteiger partial charge on any atom is 0.251 e. The minimum atomic E-state index is -3.96. The molecule has 0 aliphatic carbocycles. The van der Waals surface area contributed by atoms with Gasteiger partial charge in [0.1, 0.15) is 10.7 Å². The Kier molecular flexibility index (Phi) is 7.67. The fraction of sp³-hybridized carbons (Fsp3) is 0.480. The van der Waals surface area contributed by atoms with Gasteiger partial charge in [-0.2, -0.15) is 4.31 Å². The second kappa shape index (κ2) is 10.5. The molecule has 2 heterocycles. The molecule has 2 aromatic carbocycles. The molecule has 0 bridgehead atoms. The summed E-state index contributed by atoms with van der Waals surface area (Å²) in [6.45, 7) is 7.59. The van der Waals surface area contributed by atoms with E-state index in [1.165, 1.54) is 10.4 Å². The van der Waals surface area contributed by atoms with Gasteiger partial charge in [0.2, 0.25) is 10.0 Å². The van der Waals surface area contributed by atoms with E-state index < -0.39 is 26.6 Å². The lowest BCUT2D eigenvalue weighted by Gasteiger charge is -2.35. The van der Waals surface area contributed by atoms with E-state index in [-0.39, 0.29) is 24.3 Å². The van der Waals surface area contributed by atoms with E-state index in [0.29, 0.717) is 13.1 Å². The lowest BCUT2D eigenvalue weighted by Crippen LogP contribution is -2.45. The van der Waals surface area contributed by atoms with Gasteiger partial charge in [0.05, 0.1) is 12.2 Å². The van der Waals surface area contributed by atoms with Crippen LogP contribution in [0.1, 0.15) is 48.2 Å². The predicted octanol–water partition coefficient (Wildman–Crippen LogP) is 3.15. The molecule has 0 aromatic heterocycles. The van der Waals surface area contributed by atoms with Crippen LogP contribution < -0.4 is 5.32 Å². The third-order valence-corrected chi connectivity index (χ3v) is 8.24.